The summed E-state index contributed by atoms with van der Waals surface area (Å²) in [6, 6.07) is 6.78. The molecule has 1 aromatic carbocycles. The maximum atomic E-state index is 9.16. The molecule has 3 nitrogen and oxygen atoms in total. The minimum atomic E-state index is 0.285. The van der Waals surface area contributed by atoms with Crippen molar-refractivity contribution in [3.05, 3.63) is 28.2 Å². The lowest BCUT2D eigenvalue weighted by molar-refractivity contribution is 0.112. The molecule has 0 spiro atoms. The summed E-state index contributed by atoms with van der Waals surface area (Å²) in [6.45, 7) is 2.37. The fourth-order valence-corrected chi connectivity index (χ4v) is 3.37. The zero-order valence-electron chi connectivity index (χ0n) is 11.4. The smallest absolute Gasteiger partial charge is 0.133 e. The molecule has 1 saturated heterocycles. The Balaban J connectivity index is 2.04. The van der Waals surface area contributed by atoms with E-state index in [2.05, 4.69) is 33.0 Å². The molecule has 0 aliphatic carbocycles. The standard InChI is InChI=1S/C15H22BrNO2/c1-19-15-6-5-12(10-14(15)16)11-17-8-3-2-4-13(17)7-9-18/h5-6,10,13,18H,2-4,7-9,11H2,1H3. The van der Waals surface area contributed by atoms with Gasteiger partial charge in [0.2, 0.25) is 0 Å². The van der Waals surface area contributed by atoms with Gasteiger partial charge in [-0.25, -0.2) is 0 Å². The summed E-state index contributed by atoms with van der Waals surface area (Å²) < 4.78 is 6.26. The van der Waals surface area contributed by atoms with Crippen LogP contribution in [0, 0.1) is 0 Å². The molecule has 0 amide bonds. The highest BCUT2D eigenvalue weighted by Gasteiger charge is 2.21. The minimum Gasteiger partial charge on any atom is -0.496 e. The van der Waals surface area contributed by atoms with Gasteiger partial charge in [0.15, 0.2) is 0 Å². The molecule has 1 atom stereocenters. The molecule has 4 heteroatoms. The van der Waals surface area contributed by atoms with Crippen LogP contribution >= 0.6 is 15.9 Å². The number of hydrogen-bond donors (Lipinski definition) is 1. The number of aliphatic hydroxyl groups is 1. The van der Waals surface area contributed by atoms with Crippen LogP contribution in [-0.2, 0) is 6.54 Å². The van der Waals surface area contributed by atoms with Crippen LogP contribution in [0.4, 0.5) is 0 Å². The molecule has 1 aliphatic heterocycles. The van der Waals surface area contributed by atoms with E-state index in [1.54, 1.807) is 7.11 Å². The van der Waals surface area contributed by atoms with Gasteiger partial charge in [-0.15, -0.1) is 0 Å². The van der Waals surface area contributed by atoms with E-state index in [1.165, 1.54) is 24.8 Å². The van der Waals surface area contributed by atoms with E-state index < -0.39 is 0 Å². The predicted molar refractivity (Wildman–Crippen MR) is 80.4 cm³/mol. The highest BCUT2D eigenvalue weighted by molar-refractivity contribution is 9.10. The van der Waals surface area contributed by atoms with Crippen molar-refractivity contribution in [1.29, 1.82) is 0 Å². The van der Waals surface area contributed by atoms with Crippen LogP contribution in [-0.4, -0.2) is 36.3 Å². The molecule has 1 unspecified atom stereocenters. The molecule has 0 saturated carbocycles. The monoisotopic (exact) mass is 327 g/mol. The third-order valence-corrected chi connectivity index (χ3v) is 4.43. The molecule has 106 valence electrons. The van der Waals surface area contributed by atoms with Gasteiger partial charge in [-0.3, -0.25) is 4.90 Å². The number of nitrogens with zero attached hydrogens (tertiary/aromatic N) is 1. The van der Waals surface area contributed by atoms with Crippen LogP contribution in [0.3, 0.4) is 0 Å². The zero-order chi connectivity index (χ0) is 13.7. The van der Waals surface area contributed by atoms with Gasteiger partial charge in [-0.1, -0.05) is 12.5 Å². The van der Waals surface area contributed by atoms with Crippen LogP contribution in [0.1, 0.15) is 31.2 Å². The van der Waals surface area contributed by atoms with Crippen molar-refractivity contribution in [1.82, 2.24) is 4.90 Å². The Hall–Kier alpha value is -0.580. The number of benzene rings is 1. The highest BCUT2D eigenvalue weighted by atomic mass is 79.9. The Labute approximate surface area is 123 Å². The normalized spacial score (nSPS) is 20.5. The molecule has 0 aromatic heterocycles. The number of aliphatic hydroxyl groups excluding tert-OH is 1. The number of piperidine rings is 1. The third kappa shape index (κ3) is 3.94. The van der Waals surface area contributed by atoms with Gasteiger partial charge in [-0.05, 0) is 59.4 Å². The van der Waals surface area contributed by atoms with E-state index in [1.807, 2.05) is 6.07 Å². The largest absolute Gasteiger partial charge is 0.496 e. The SMILES string of the molecule is COc1ccc(CN2CCCCC2CCO)cc1Br. The van der Waals surface area contributed by atoms with Gasteiger partial charge in [0.25, 0.3) is 0 Å². The maximum absolute atomic E-state index is 9.16. The topological polar surface area (TPSA) is 32.7 Å². The Kier molecular flexibility index (Phi) is 5.67. The van der Waals surface area contributed by atoms with E-state index in [-0.39, 0.29) is 6.61 Å². The first-order chi connectivity index (χ1) is 9.24. The van der Waals surface area contributed by atoms with Gasteiger partial charge in [-0.2, -0.15) is 0 Å². The molecule has 2 rings (SSSR count). The molecule has 1 fully saturated rings. The molecule has 19 heavy (non-hydrogen) atoms. The lowest BCUT2D eigenvalue weighted by Crippen LogP contribution is -2.39. The van der Waals surface area contributed by atoms with E-state index in [0.717, 1.165) is 29.7 Å². The average molecular weight is 328 g/mol. The Morgan fingerprint density at radius 1 is 1.42 bits per heavy atom. The first-order valence-electron chi connectivity index (χ1n) is 6.92. The summed E-state index contributed by atoms with van der Waals surface area (Å²) in [5, 5.41) is 9.16. The first kappa shape index (κ1) is 14.8. The van der Waals surface area contributed by atoms with Crippen LogP contribution in [0.5, 0.6) is 5.75 Å². The molecular formula is C15H22BrNO2. The minimum absolute atomic E-state index is 0.285. The first-order valence-corrected chi connectivity index (χ1v) is 7.71. The van der Waals surface area contributed by atoms with Crippen LogP contribution in [0.25, 0.3) is 0 Å². The van der Waals surface area contributed by atoms with Crippen molar-refractivity contribution in [2.75, 3.05) is 20.3 Å². The van der Waals surface area contributed by atoms with Crippen molar-refractivity contribution in [3.8, 4) is 5.75 Å². The summed E-state index contributed by atoms with van der Waals surface area (Å²) in [7, 11) is 1.68. The van der Waals surface area contributed by atoms with Crippen molar-refractivity contribution in [2.24, 2.45) is 0 Å². The van der Waals surface area contributed by atoms with Gasteiger partial charge >= 0.3 is 0 Å². The average Bonchev–Trinajstić information content (AvgIpc) is 2.41. The Morgan fingerprint density at radius 3 is 2.95 bits per heavy atom. The number of halogens is 1. The van der Waals surface area contributed by atoms with Crippen LogP contribution in [0.15, 0.2) is 22.7 Å². The fourth-order valence-electron chi connectivity index (χ4n) is 2.79. The van der Waals surface area contributed by atoms with Crippen molar-refractivity contribution >= 4 is 15.9 Å². The summed E-state index contributed by atoms with van der Waals surface area (Å²) in [6.07, 6.45) is 4.64. The maximum Gasteiger partial charge on any atom is 0.133 e. The number of ether oxygens (including phenoxy) is 1. The van der Waals surface area contributed by atoms with Crippen LogP contribution in [0.2, 0.25) is 0 Å². The van der Waals surface area contributed by atoms with Crippen LogP contribution < -0.4 is 4.74 Å². The molecule has 0 bridgehead atoms. The van der Waals surface area contributed by atoms with E-state index >= 15 is 0 Å². The number of hydrogen-bond acceptors (Lipinski definition) is 3. The van der Waals surface area contributed by atoms with Gasteiger partial charge < -0.3 is 9.84 Å². The lowest BCUT2D eigenvalue weighted by atomic mass is 9.99. The summed E-state index contributed by atoms with van der Waals surface area (Å²) >= 11 is 3.53. The van der Waals surface area contributed by atoms with E-state index in [9.17, 15) is 0 Å². The van der Waals surface area contributed by atoms with E-state index in [0.29, 0.717) is 6.04 Å². The Morgan fingerprint density at radius 2 is 2.26 bits per heavy atom. The van der Waals surface area contributed by atoms with Gasteiger partial charge in [0.1, 0.15) is 5.75 Å². The zero-order valence-corrected chi connectivity index (χ0v) is 13.0. The molecule has 1 aliphatic rings. The molecule has 0 radical (unpaired) electrons. The summed E-state index contributed by atoms with van der Waals surface area (Å²) in [5.41, 5.74) is 1.29. The summed E-state index contributed by atoms with van der Waals surface area (Å²) in [5.74, 6) is 0.870. The molecule has 1 aromatic rings. The number of rotatable bonds is 5. The third-order valence-electron chi connectivity index (χ3n) is 3.81. The highest BCUT2D eigenvalue weighted by Crippen LogP contribution is 2.28. The second kappa shape index (κ2) is 7.27. The molecule has 1 N–H and O–H groups in total. The fraction of sp³-hybridized carbons (Fsp3) is 0.600. The number of methoxy groups -OCH3 is 1. The lowest BCUT2D eigenvalue weighted by Gasteiger charge is -2.35. The van der Waals surface area contributed by atoms with Gasteiger partial charge in [0.05, 0.1) is 11.6 Å². The number of likely N-dealkylation sites (tertiary alicyclic amines) is 1. The quantitative estimate of drug-likeness (QED) is 0.901. The van der Waals surface area contributed by atoms with Crippen molar-refractivity contribution < 1.29 is 9.84 Å². The molecule has 1 heterocycles. The van der Waals surface area contributed by atoms with Crippen molar-refractivity contribution in [2.45, 2.75) is 38.3 Å². The predicted octanol–water partition coefficient (Wildman–Crippen LogP) is 3.19. The second-order valence-corrected chi connectivity index (χ2v) is 5.96. The second-order valence-electron chi connectivity index (χ2n) is 5.10. The Bertz CT molecular complexity index is 409. The van der Waals surface area contributed by atoms with Crippen molar-refractivity contribution in [3.63, 3.8) is 0 Å². The van der Waals surface area contributed by atoms with Gasteiger partial charge in [0, 0.05) is 19.2 Å². The molecular weight excluding hydrogens is 306 g/mol. The van der Waals surface area contributed by atoms with E-state index in [4.69, 9.17) is 9.84 Å². The summed E-state index contributed by atoms with van der Waals surface area (Å²) in [4.78, 5) is 2.49.